The van der Waals surface area contributed by atoms with Crippen LogP contribution in [0.1, 0.15) is 22.5 Å². The third kappa shape index (κ3) is 5.35. The van der Waals surface area contributed by atoms with Gasteiger partial charge >= 0.3 is 0 Å². The summed E-state index contributed by atoms with van der Waals surface area (Å²) >= 11 is 4.60. The normalized spacial score (nSPS) is 10.4. The molecule has 0 aliphatic carbocycles. The Balaban J connectivity index is 1.53. The summed E-state index contributed by atoms with van der Waals surface area (Å²) < 4.78 is 0.887. The van der Waals surface area contributed by atoms with E-state index >= 15 is 0 Å². The molecule has 3 rings (SSSR count). The van der Waals surface area contributed by atoms with Gasteiger partial charge in [0.05, 0.1) is 5.69 Å². The van der Waals surface area contributed by atoms with Gasteiger partial charge in [0.2, 0.25) is 5.91 Å². The van der Waals surface area contributed by atoms with Crippen molar-refractivity contribution in [3.05, 3.63) is 74.1 Å². The summed E-state index contributed by atoms with van der Waals surface area (Å²) in [6.45, 7) is 0. The van der Waals surface area contributed by atoms with Gasteiger partial charge in [0, 0.05) is 28.2 Å². The van der Waals surface area contributed by atoms with E-state index in [9.17, 15) is 14.4 Å². The Morgan fingerprint density at radius 2 is 2.04 bits per heavy atom. The van der Waals surface area contributed by atoms with Gasteiger partial charge in [-0.05, 0) is 36.8 Å². The maximum absolute atomic E-state index is 12.1. The van der Waals surface area contributed by atoms with Crippen molar-refractivity contribution in [3.8, 4) is 0 Å². The molecule has 1 aromatic carbocycles. The minimum atomic E-state index is -0.523. The molecular formula is C18H15BrN4O3S. The molecule has 0 atom stereocenters. The van der Waals surface area contributed by atoms with E-state index < -0.39 is 11.5 Å². The molecule has 0 aliphatic rings. The summed E-state index contributed by atoms with van der Waals surface area (Å²) in [6.07, 6.45) is 2.17. The van der Waals surface area contributed by atoms with Crippen molar-refractivity contribution in [2.24, 2.45) is 0 Å². The number of aryl methyl sites for hydroxylation is 1. The molecule has 7 nitrogen and oxygen atoms in total. The van der Waals surface area contributed by atoms with Crippen LogP contribution in [0.15, 0.2) is 57.2 Å². The molecule has 0 aliphatic heterocycles. The van der Waals surface area contributed by atoms with Crippen molar-refractivity contribution >= 4 is 49.9 Å². The zero-order chi connectivity index (χ0) is 19.2. The van der Waals surface area contributed by atoms with Crippen LogP contribution in [0.2, 0.25) is 0 Å². The number of rotatable bonds is 6. The Kier molecular flexibility index (Phi) is 6.15. The number of carbonyl (C=O) groups is 2. The molecule has 3 N–H and O–H groups in total. The number of nitrogens with one attached hydrogen (secondary N) is 3. The third-order valence-electron chi connectivity index (χ3n) is 3.55. The van der Waals surface area contributed by atoms with Gasteiger partial charge in [-0.15, -0.1) is 11.3 Å². The molecule has 138 valence electrons. The quantitative estimate of drug-likeness (QED) is 0.539. The molecule has 0 saturated heterocycles. The van der Waals surface area contributed by atoms with E-state index in [1.807, 2.05) is 24.3 Å². The van der Waals surface area contributed by atoms with Crippen LogP contribution in [-0.2, 0) is 11.2 Å². The van der Waals surface area contributed by atoms with Crippen molar-refractivity contribution in [2.45, 2.75) is 12.8 Å². The van der Waals surface area contributed by atoms with E-state index in [2.05, 4.69) is 36.5 Å². The summed E-state index contributed by atoms with van der Waals surface area (Å²) in [5.74, 6) is -0.646. The number of aromatic nitrogens is 2. The van der Waals surface area contributed by atoms with Crippen molar-refractivity contribution in [3.63, 3.8) is 0 Å². The lowest BCUT2D eigenvalue weighted by atomic mass is 10.2. The zero-order valence-corrected chi connectivity index (χ0v) is 16.4. The van der Waals surface area contributed by atoms with Gasteiger partial charge < -0.3 is 10.3 Å². The fraction of sp³-hybridized carbons (Fsp3) is 0.111. The summed E-state index contributed by atoms with van der Waals surface area (Å²) in [4.78, 5) is 42.5. The number of benzene rings is 1. The summed E-state index contributed by atoms with van der Waals surface area (Å²) in [7, 11) is 0. The van der Waals surface area contributed by atoms with E-state index in [-0.39, 0.29) is 17.9 Å². The van der Waals surface area contributed by atoms with Crippen LogP contribution < -0.4 is 16.2 Å². The first kappa shape index (κ1) is 19.0. The van der Waals surface area contributed by atoms with Crippen LogP contribution in [0.3, 0.4) is 0 Å². The number of nitrogens with zero attached hydrogens (tertiary/aromatic N) is 1. The smallest absolute Gasteiger partial charge is 0.263 e. The fourth-order valence-corrected chi connectivity index (χ4v) is 3.41. The largest absolute Gasteiger partial charge is 0.328 e. The predicted octanol–water partition coefficient (Wildman–Crippen LogP) is 3.42. The van der Waals surface area contributed by atoms with Crippen molar-refractivity contribution in [1.82, 2.24) is 9.97 Å². The molecule has 0 spiro atoms. The van der Waals surface area contributed by atoms with Gasteiger partial charge in [0.25, 0.3) is 11.5 Å². The van der Waals surface area contributed by atoms with Gasteiger partial charge in [0.15, 0.2) is 5.13 Å². The molecule has 0 unspecified atom stereocenters. The number of carbonyl (C=O) groups excluding carboxylic acids is 2. The highest BCUT2D eigenvalue weighted by Crippen LogP contribution is 2.18. The lowest BCUT2D eigenvalue weighted by Gasteiger charge is -2.04. The number of pyridine rings is 1. The molecule has 2 amide bonds. The van der Waals surface area contributed by atoms with Crippen LogP contribution in [0.5, 0.6) is 0 Å². The van der Waals surface area contributed by atoms with Gasteiger partial charge in [-0.3, -0.25) is 19.7 Å². The lowest BCUT2D eigenvalue weighted by Crippen LogP contribution is -2.22. The van der Waals surface area contributed by atoms with Gasteiger partial charge in [0.1, 0.15) is 5.56 Å². The van der Waals surface area contributed by atoms with Gasteiger partial charge in [-0.2, -0.15) is 0 Å². The van der Waals surface area contributed by atoms with E-state index in [4.69, 9.17) is 0 Å². The fourth-order valence-electron chi connectivity index (χ4n) is 2.28. The molecule has 0 bridgehead atoms. The second kappa shape index (κ2) is 8.74. The van der Waals surface area contributed by atoms with E-state index in [1.165, 1.54) is 23.6 Å². The SMILES string of the molecule is O=C(CCc1csc(NC(=O)c2ccc[nH]c2=O)n1)Nc1cccc(Br)c1. The molecule has 3 aromatic rings. The average molecular weight is 447 g/mol. The summed E-state index contributed by atoms with van der Waals surface area (Å²) in [5.41, 5.74) is 0.967. The number of halogens is 1. The minimum absolute atomic E-state index is 0.0163. The molecule has 0 radical (unpaired) electrons. The Morgan fingerprint density at radius 1 is 1.19 bits per heavy atom. The van der Waals surface area contributed by atoms with E-state index in [1.54, 1.807) is 11.4 Å². The first-order chi connectivity index (χ1) is 13.0. The summed E-state index contributed by atoms with van der Waals surface area (Å²) in [6, 6.07) is 10.4. The predicted molar refractivity (Wildman–Crippen MR) is 108 cm³/mol. The Hall–Kier alpha value is -2.78. The number of anilines is 2. The number of H-pyrrole nitrogens is 1. The van der Waals surface area contributed by atoms with Crippen LogP contribution in [0.4, 0.5) is 10.8 Å². The molecule has 0 saturated carbocycles. The maximum Gasteiger partial charge on any atom is 0.263 e. The van der Waals surface area contributed by atoms with E-state index in [0.717, 1.165) is 4.47 Å². The Morgan fingerprint density at radius 3 is 2.81 bits per heavy atom. The Bertz CT molecular complexity index is 1030. The topological polar surface area (TPSA) is 104 Å². The molecule has 9 heteroatoms. The third-order valence-corrected chi connectivity index (χ3v) is 4.85. The average Bonchev–Trinajstić information content (AvgIpc) is 3.08. The summed E-state index contributed by atoms with van der Waals surface area (Å²) in [5, 5.41) is 7.57. The number of aromatic amines is 1. The highest BCUT2D eigenvalue weighted by Gasteiger charge is 2.12. The number of thiazole rings is 1. The zero-order valence-electron chi connectivity index (χ0n) is 14.0. The van der Waals surface area contributed by atoms with E-state index in [0.29, 0.717) is 22.9 Å². The molecule has 27 heavy (non-hydrogen) atoms. The Labute approximate surface area is 167 Å². The minimum Gasteiger partial charge on any atom is -0.328 e. The second-order valence-electron chi connectivity index (χ2n) is 5.57. The van der Waals surface area contributed by atoms with Crippen molar-refractivity contribution < 1.29 is 9.59 Å². The van der Waals surface area contributed by atoms with Crippen LogP contribution in [0.25, 0.3) is 0 Å². The number of hydrogen-bond donors (Lipinski definition) is 3. The molecule has 2 heterocycles. The van der Waals surface area contributed by atoms with Crippen molar-refractivity contribution in [2.75, 3.05) is 10.6 Å². The van der Waals surface area contributed by atoms with Crippen LogP contribution in [0, 0.1) is 0 Å². The van der Waals surface area contributed by atoms with Crippen LogP contribution >= 0.6 is 27.3 Å². The molecular weight excluding hydrogens is 432 g/mol. The first-order valence-electron chi connectivity index (χ1n) is 8.00. The number of amides is 2. The number of hydrogen-bond acceptors (Lipinski definition) is 5. The standard InChI is InChI=1S/C18H15BrN4O3S/c19-11-3-1-4-12(9-11)21-15(24)7-6-13-10-27-18(22-13)23-17(26)14-5-2-8-20-16(14)25/h1-5,8-10H,6-7H2,(H,20,25)(H,21,24)(H,22,23,26). The first-order valence-corrected chi connectivity index (χ1v) is 9.67. The molecule has 0 fully saturated rings. The molecule has 2 aromatic heterocycles. The maximum atomic E-state index is 12.1. The highest BCUT2D eigenvalue weighted by molar-refractivity contribution is 9.10. The monoisotopic (exact) mass is 446 g/mol. The second-order valence-corrected chi connectivity index (χ2v) is 7.34. The highest BCUT2D eigenvalue weighted by atomic mass is 79.9. The van der Waals surface area contributed by atoms with Gasteiger partial charge in [-0.25, -0.2) is 4.98 Å². The van der Waals surface area contributed by atoms with Gasteiger partial charge in [-0.1, -0.05) is 22.0 Å². The lowest BCUT2D eigenvalue weighted by molar-refractivity contribution is -0.116. The van der Waals surface area contributed by atoms with Crippen LogP contribution in [-0.4, -0.2) is 21.8 Å². The van der Waals surface area contributed by atoms with Crippen molar-refractivity contribution in [1.29, 1.82) is 0 Å².